The third-order valence-corrected chi connectivity index (χ3v) is 5.04. The quantitative estimate of drug-likeness (QED) is 0.755. The van der Waals surface area contributed by atoms with Gasteiger partial charge < -0.3 is 15.4 Å². The first-order valence-corrected chi connectivity index (χ1v) is 9.85. The Morgan fingerprint density at radius 3 is 2.77 bits per heavy atom. The minimum atomic E-state index is -0.574. The minimum Gasteiger partial charge on any atom is -0.365 e. The van der Waals surface area contributed by atoms with E-state index in [-0.39, 0.29) is 11.8 Å². The van der Waals surface area contributed by atoms with Gasteiger partial charge in [-0.2, -0.15) is 0 Å². The number of ether oxygens (including phenoxy) is 1. The predicted molar refractivity (Wildman–Crippen MR) is 91.8 cm³/mol. The van der Waals surface area contributed by atoms with Crippen LogP contribution in [0, 0.1) is 0 Å². The zero-order valence-electron chi connectivity index (χ0n) is 14.4. The van der Waals surface area contributed by atoms with Gasteiger partial charge in [0.25, 0.3) is 5.91 Å². The first-order valence-electron chi connectivity index (χ1n) is 8.69. The summed E-state index contributed by atoms with van der Waals surface area (Å²) in [5, 5.41) is 5.84. The van der Waals surface area contributed by atoms with Crippen LogP contribution < -0.4 is 10.6 Å². The van der Waals surface area contributed by atoms with Gasteiger partial charge in [-0.25, -0.2) is 0 Å². The van der Waals surface area contributed by atoms with Gasteiger partial charge in [-0.05, 0) is 45.4 Å². The third-order valence-electron chi connectivity index (χ3n) is 4.18. The molecule has 2 amide bonds. The van der Waals surface area contributed by atoms with Crippen molar-refractivity contribution in [1.82, 2.24) is 10.6 Å². The van der Waals surface area contributed by atoms with Gasteiger partial charge in [0.2, 0.25) is 5.91 Å². The molecule has 0 spiro atoms. The van der Waals surface area contributed by atoms with Crippen molar-refractivity contribution in [1.29, 1.82) is 0 Å². The first-order chi connectivity index (χ1) is 10.5. The van der Waals surface area contributed by atoms with Crippen molar-refractivity contribution in [2.75, 3.05) is 13.2 Å². The maximum atomic E-state index is 11.8. The molecule has 0 radical (unpaired) electrons. The Hall–Kier alpha value is -0.883. The fraction of sp³-hybridized carbons (Fsp3) is 0.875. The fourth-order valence-corrected chi connectivity index (χ4v) is 3.35. The lowest BCUT2D eigenvalue weighted by Gasteiger charge is -2.26. The zero-order valence-corrected chi connectivity index (χ0v) is 16.4. The summed E-state index contributed by atoms with van der Waals surface area (Å²) >= 11 is 0. The van der Waals surface area contributed by atoms with Gasteiger partial charge in [0.05, 0.1) is 0 Å². The maximum absolute atomic E-state index is 11.8. The Balaban J connectivity index is 0.000000255. The average Bonchev–Trinajstić information content (AvgIpc) is 2.79. The Kier molecular flexibility index (Phi) is 8.71. The number of amides is 2. The summed E-state index contributed by atoms with van der Waals surface area (Å²) in [4.78, 5) is 22.4. The molecule has 2 heterocycles. The molecule has 0 aromatic rings. The fourth-order valence-electron chi connectivity index (χ4n) is 2.68. The molecular weight excluding hydrogens is 296 g/mol. The van der Waals surface area contributed by atoms with Crippen molar-refractivity contribution in [3.05, 3.63) is 0 Å². The van der Waals surface area contributed by atoms with Gasteiger partial charge in [-0.1, -0.05) is 13.3 Å². The van der Waals surface area contributed by atoms with E-state index in [1.807, 2.05) is 6.92 Å². The highest BCUT2D eigenvalue weighted by Crippen LogP contribution is 2.23. The highest BCUT2D eigenvalue weighted by molar-refractivity contribution is 6.13. The molecule has 2 rings (SSSR count). The van der Waals surface area contributed by atoms with Crippen molar-refractivity contribution >= 4 is 22.1 Å². The second kappa shape index (κ2) is 10.00. The van der Waals surface area contributed by atoms with Crippen LogP contribution in [-0.2, 0) is 14.3 Å². The molecule has 2 aliphatic rings. The number of hydrogen-bond donors (Lipinski definition) is 2. The molecule has 128 valence electrons. The molecule has 2 saturated heterocycles. The van der Waals surface area contributed by atoms with Gasteiger partial charge >= 0.3 is 0 Å². The number of nitrogens with one attached hydrogen (secondary N) is 2. The van der Waals surface area contributed by atoms with Gasteiger partial charge in [-0.15, -0.1) is 0 Å². The molecule has 0 bridgehead atoms. The van der Waals surface area contributed by atoms with E-state index in [0.29, 0.717) is 12.3 Å². The standard InChI is InChI=1S/C10H21NO2Si.C6H11NO/c1-3-7-13-10(2)6-4-5-8(14)11-9(10)12;8-6-4-2-1-3-5-7-6/h8H,3-7H2,1-2,14H3,(H,11,12);1-5H2,(H,7,8). The van der Waals surface area contributed by atoms with Crippen LogP contribution in [0.2, 0.25) is 0 Å². The van der Waals surface area contributed by atoms with E-state index < -0.39 is 5.60 Å². The summed E-state index contributed by atoms with van der Waals surface area (Å²) in [5.74, 6) is 0.311. The Labute approximate surface area is 137 Å². The number of carbonyl (C=O) groups is 2. The lowest BCUT2D eigenvalue weighted by Crippen LogP contribution is -2.48. The van der Waals surface area contributed by atoms with Gasteiger partial charge in [0, 0.05) is 35.5 Å². The van der Waals surface area contributed by atoms with Crippen LogP contribution in [0.1, 0.15) is 65.2 Å². The molecule has 2 atom stereocenters. The highest BCUT2D eigenvalue weighted by Gasteiger charge is 2.36. The number of rotatable bonds is 3. The smallest absolute Gasteiger partial charge is 0.251 e. The third kappa shape index (κ3) is 6.92. The van der Waals surface area contributed by atoms with Crippen LogP contribution in [0.4, 0.5) is 0 Å². The molecule has 0 aromatic carbocycles. The van der Waals surface area contributed by atoms with Gasteiger partial charge in [-0.3, -0.25) is 9.59 Å². The van der Waals surface area contributed by atoms with E-state index >= 15 is 0 Å². The summed E-state index contributed by atoms with van der Waals surface area (Å²) < 4.78 is 5.66. The Morgan fingerprint density at radius 1 is 1.27 bits per heavy atom. The Morgan fingerprint density at radius 2 is 2.05 bits per heavy atom. The second-order valence-corrected chi connectivity index (χ2v) is 7.90. The summed E-state index contributed by atoms with van der Waals surface area (Å²) in [6.07, 6.45) is 8.21. The molecule has 0 aliphatic carbocycles. The lowest BCUT2D eigenvalue weighted by molar-refractivity contribution is -0.145. The van der Waals surface area contributed by atoms with E-state index in [4.69, 9.17) is 4.74 Å². The summed E-state index contributed by atoms with van der Waals surface area (Å²) in [6.45, 7) is 5.54. The monoisotopic (exact) mass is 328 g/mol. The van der Waals surface area contributed by atoms with E-state index in [9.17, 15) is 9.59 Å². The van der Waals surface area contributed by atoms with Gasteiger partial charge in [0.1, 0.15) is 5.60 Å². The van der Waals surface area contributed by atoms with E-state index in [0.717, 1.165) is 61.7 Å². The number of carbonyl (C=O) groups excluding carboxylic acids is 2. The normalized spacial score (nSPS) is 29.5. The summed E-state index contributed by atoms with van der Waals surface area (Å²) in [7, 11) is 1.03. The molecule has 22 heavy (non-hydrogen) atoms. The maximum Gasteiger partial charge on any atom is 0.251 e. The molecular formula is C16H32N2O3Si. The topological polar surface area (TPSA) is 67.4 Å². The van der Waals surface area contributed by atoms with Crippen molar-refractivity contribution < 1.29 is 14.3 Å². The van der Waals surface area contributed by atoms with Crippen LogP contribution in [-0.4, -0.2) is 46.5 Å². The molecule has 0 saturated carbocycles. The summed E-state index contributed by atoms with van der Waals surface area (Å²) in [5.41, 5.74) is -0.149. The predicted octanol–water partition coefficient (Wildman–Crippen LogP) is 0.840. The number of hydrogen-bond acceptors (Lipinski definition) is 3. The molecule has 6 heteroatoms. The molecule has 5 nitrogen and oxygen atoms in total. The van der Waals surface area contributed by atoms with Crippen molar-refractivity contribution in [2.45, 2.75) is 76.5 Å². The van der Waals surface area contributed by atoms with Gasteiger partial charge in [0.15, 0.2) is 0 Å². The summed E-state index contributed by atoms with van der Waals surface area (Å²) in [6, 6.07) is 0. The molecule has 2 N–H and O–H groups in total. The van der Waals surface area contributed by atoms with Crippen molar-refractivity contribution in [2.24, 2.45) is 0 Å². The van der Waals surface area contributed by atoms with Crippen LogP contribution in [0.3, 0.4) is 0 Å². The van der Waals surface area contributed by atoms with Crippen LogP contribution >= 0.6 is 0 Å². The van der Waals surface area contributed by atoms with Crippen LogP contribution in [0.25, 0.3) is 0 Å². The highest BCUT2D eigenvalue weighted by atomic mass is 28.1. The first kappa shape index (κ1) is 19.2. The zero-order chi connectivity index (χ0) is 16.4. The van der Waals surface area contributed by atoms with Crippen LogP contribution in [0.15, 0.2) is 0 Å². The Bertz CT molecular complexity index is 351. The molecule has 0 aromatic heterocycles. The second-order valence-electron chi connectivity index (χ2n) is 6.51. The van der Waals surface area contributed by atoms with Crippen molar-refractivity contribution in [3.63, 3.8) is 0 Å². The SMILES string of the molecule is CCCOC1(C)CCCC([SiH3])NC1=O.O=C1CCCCCN1. The largest absolute Gasteiger partial charge is 0.365 e. The van der Waals surface area contributed by atoms with Crippen LogP contribution in [0.5, 0.6) is 0 Å². The molecule has 2 unspecified atom stereocenters. The van der Waals surface area contributed by atoms with E-state index in [1.165, 1.54) is 6.42 Å². The molecule has 2 fully saturated rings. The van der Waals surface area contributed by atoms with Crippen molar-refractivity contribution in [3.8, 4) is 0 Å². The van der Waals surface area contributed by atoms with E-state index in [1.54, 1.807) is 0 Å². The molecule has 2 aliphatic heterocycles. The minimum absolute atomic E-state index is 0.0865. The average molecular weight is 329 g/mol. The lowest BCUT2D eigenvalue weighted by atomic mass is 9.99. The van der Waals surface area contributed by atoms with E-state index in [2.05, 4.69) is 17.6 Å².